The highest BCUT2D eigenvalue weighted by atomic mass is 14.6. The lowest BCUT2D eigenvalue weighted by molar-refractivity contribution is 0.00574. The minimum Gasteiger partial charge on any atom is -0.0651 e. The Balaban J connectivity index is 2.29. The van der Waals surface area contributed by atoms with Crippen LogP contribution >= 0.6 is 0 Å². The monoisotopic (exact) mass is 180 g/mol. The zero-order valence-corrected chi connectivity index (χ0v) is 9.85. The van der Waals surface area contributed by atoms with Gasteiger partial charge in [0.1, 0.15) is 0 Å². The van der Waals surface area contributed by atoms with Crippen LogP contribution < -0.4 is 0 Å². The van der Waals surface area contributed by atoms with Crippen molar-refractivity contribution >= 4 is 0 Å². The molecule has 0 amide bonds. The predicted molar refractivity (Wildman–Crippen MR) is 57.6 cm³/mol. The molecule has 3 atom stereocenters. The first-order valence-electron chi connectivity index (χ1n) is 5.91. The zero-order chi connectivity index (χ0) is 9.85. The summed E-state index contributed by atoms with van der Waals surface area (Å²) in [5.41, 5.74) is 1.17. The van der Waals surface area contributed by atoms with Crippen LogP contribution in [0.25, 0.3) is 0 Å². The van der Waals surface area contributed by atoms with Crippen LogP contribution in [0.1, 0.15) is 53.9 Å². The topological polar surface area (TPSA) is 0 Å². The van der Waals surface area contributed by atoms with Crippen molar-refractivity contribution in [3.63, 3.8) is 0 Å². The van der Waals surface area contributed by atoms with Crippen LogP contribution in [-0.4, -0.2) is 0 Å². The maximum atomic E-state index is 2.50. The summed E-state index contributed by atoms with van der Waals surface area (Å²) in [6.07, 6.45) is 4.43. The van der Waals surface area contributed by atoms with Crippen molar-refractivity contribution in [1.82, 2.24) is 0 Å². The quantitative estimate of drug-likeness (QED) is 0.570. The van der Waals surface area contributed by atoms with Crippen molar-refractivity contribution in [3.8, 4) is 0 Å². The summed E-state index contributed by atoms with van der Waals surface area (Å²) in [6.45, 7) is 12.3. The Hall–Kier alpha value is 0. The molecule has 0 nitrogen and oxygen atoms in total. The summed E-state index contributed by atoms with van der Waals surface area (Å²) >= 11 is 0. The van der Waals surface area contributed by atoms with E-state index < -0.39 is 0 Å². The minimum absolute atomic E-state index is 0.580. The average molecular weight is 180 g/mol. The van der Waals surface area contributed by atoms with Gasteiger partial charge in [-0.3, -0.25) is 0 Å². The second-order valence-corrected chi connectivity index (χ2v) is 6.39. The van der Waals surface area contributed by atoms with Crippen molar-refractivity contribution in [2.24, 2.45) is 28.6 Å². The van der Waals surface area contributed by atoms with Crippen LogP contribution in [0.4, 0.5) is 0 Å². The molecule has 0 aromatic carbocycles. The highest BCUT2D eigenvalue weighted by Gasteiger charge is 2.60. The Morgan fingerprint density at radius 2 is 1.62 bits per heavy atom. The van der Waals surface area contributed by atoms with E-state index in [1.165, 1.54) is 19.3 Å². The first-order valence-corrected chi connectivity index (χ1v) is 5.91. The Bertz CT molecular complexity index is 212. The van der Waals surface area contributed by atoms with E-state index in [4.69, 9.17) is 0 Å². The molecule has 2 aliphatic carbocycles. The molecule has 0 heteroatoms. The maximum Gasteiger partial charge on any atom is -0.0269 e. The van der Waals surface area contributed by atoms with Crippen LogP contribution in [0.15, 0.2) is 0 Å². The molecule has 0 aromatic rings. The van der Waals surface area contributed by atoms with E-state index in [9.17, 15) is 0 Å². The lowest BCUT2D eigenvalue weighted by Crippen LogP contribution is -2.41. The van der Waals surface area contributed by atoms with Crippen LogP contribution in [-0.2, 0) is 0 Å². The first kappa shape index (κ1) is 9.55. The lowest BCUT2D eigenvalue weighted by atomic mass is 9.57. The third-order valence-corrected chi connectivity index (χ3v) is 5.83. The molecule has 2 saturated carbocycles. The number of rotatable bonds is 1. The van der Waals surface area contributed by atoms with Crippen molar-refractivity contribution in [2.45, 2.75) is 53.9 Å². The van der Waals surface area contributed by atoms with Crippen LogP contribution in [0.2, 0.25) is 0 Å². The Morgan fingerprint density at radius 1 is 1.00 bits per heavy atom. The molecule has 0 aliphatic heterocycles. The van der Waals surface area contributed by atoms with E-state index in [1.807, 2.05) is 0 Å². The Morgan fingerprint density at radius 3 is 2.00 bits per heavy atom. The fourth-order valence-electron chi connectivity index (χ4n) is 4.05. The van der Waals surface area contributed by atoms with Gasteiger partial charge < -0.3 is 0 Å². The summed E-state index contributed by atoms with van der Waals surface area (Å²) in [4.78, 5) is 0. The normalized spacial score (nSPS) is 45.5. The van der Waals surface area contributed by atoms with E-state index in [2.05, 4.69) is 34.6 Å². The molecule has 2 fully saturated rings. The zero-order valence-electron chi connectivity index (χ0n) is 9.85. The smallest absolute Gasteiger partial charge is 0.0269 e. The molecule has 0 radical (unpaired) electrons. The molecule has 0 N–H and O–H groups in total. The number of hydrogen-bond acceptors (Lipinski definition) is 0. The Labute approximate surface area is 83.1 Å². The average Bonchev–Trinajstić information content (AvgIpc) is 2.52. The summed E-state index contributed by atoms with van der Waals surface area (Å²) < 4.78 is 0. The number of fused-ring (bicyclic) bond motifs is 2. The third-order valence-electron chi connectivity index (χ3n) is 5.83. The van der Waals surface area contributed by atoms with E-state index in [0.717, 1.165) is 17.8 Å². The standard InChI is InChI=1S/C13H24/c1-6-9-7-10-8-11(9)13(4,5)12(10,2)3/h9-11H,6-8H2,1-5H3. The maximum absolute atomic E-state index is 2.50. The van der Waals surface area contributed by atoms with Gasteiger partial charge in [0, 0.05) is 0 Å². The molecule has 2 aliphatic rings. The van der Waals surface area contributed by atoms with Crippen LogP contribution in [0.3, 0.4) is 0 Å². The van der Waals surface area contributed by atoms with Gasteiger partial charge in [0.15, 0.2) is 0 Å². The van der Waals surface area contributed by atoms with Gasteiger partial charge in [-0.05, 0) is 41.4 Å². The second kappa shape index (κ2) is 2.52. The first-order chi connectivity index (χ1) is 5.91. The molecular formula is C13H24. The van der Waals surface area contributed by atoms with Gasteiger partial charge in [-0.1, -0.05) is 41.0 Å². The van der Waals surface area contributed by atoms with Gasteiger partial charge in [0.25, 0.3) is 0 Å². The van der Waals surface area contributed by atoms with Gasteiger partial charge >= 0.3 is 0 Å². The molecule has 0 heterocycles. The molecule has 2 bridgehead atoms. The number of hydrogen-bond donors (Lipinski definition) is 0. The van der Waals surface area contributed by atoms with Gasteiger partial charge in [-0.15, -0.1) is 0 Å². The largest absolute Gasteiger partial charge is 0.0651 e. The van der Waals surface area contributed by atoms with Gasteiger partial charge in [-0.25, -0.2) is 0 Å². The minimum atomic E-state index is 0.580. The molecule has 2 rings (SSSR count). The van der Waals surface area contributed by atoms with Crippen LogP contribution in [0, 0.1) is 28.6 Å². The summed E-state index contributed by atoms with van der Waals surface area (Å²) in [5.74, 6) is 3.06. The second-order valence-electron chi connectivity index (χ2n) is 6.39. The highest BCUT2D eigenvalue weighted by Crippen LogP contribution is 2.68. The Kier molecular flexibility index (Phi) is 1.85. The van der Waals surface area contributed by atoms with E-state index >= 15 is 0 Å². The summed E-state index contributed by atoms with van der Waals surface area (Å²) in [6, 6.07) is 0. The molecule has 0 aromatic heterocycles. The van der Waals surface area contributed by atoms with Crippen molar-refractivity contribution in [2.75, 3.05) is 0 Å². The van der Waals surface area contributed by atoms with E-state index in [0.29, 0.717) is 10.8 Å². The molecule has 3 unspecified atom stereocenters. The summed E-state index contributed by atoms with van der Waals surface area (Å²) in [7, 11) is 0. The summed E-state index contributed by atoms with van der Waals surface area (Å²) in [5, 5.41) is 0. The third kappa shape index (κ3) is 0.980. The van der Waals surface area contributed by atoms with Gasteiger partial charge in [0.05, 0.1) is 0 Å². The van der Waals surface area contributed by atoms with Crippen molar-refractivity contribution < 1.29 is 0 Å². The molecule has 0 spiro atoms. The molecular weight excluding hydrogens is 156 g/mol. The molecule has 13 heavy (non-hydrogen) atoms. The highest BCUT2D eigenvalue weighted by molar-refractivity contribution is 5.09. The molecule has 76 valence electrons. The fourth-order valence-corrected chi connectivity index (χ4v) is 4.05. The van der Waals surface area contributed by atoms with E-state index in [1.54, 1.807) is 0 Å². The SMILES string of the molecule is CCC1CC2CC1C(C)(C)C2(C)C. The van der Waals surface area contributed by atoms with Gasteiger partial charge in [0.2, 0.25) is 0 Å². The molecule has 0 saturated heterocycles. The predicted octanol–water partition coefficient (Wildman–Crippen LogP) is 4.10. The fraction of sp³-hybridized carbons (Fsp3) is 1.00. The van der Waals surface area contributed by atoms with Gasteiger partial charge in [-0.2, -0.15) is 0 Å². The van der Waals surface area contributed by atoms with Crippen LogP contribution in [0.5, 0.6) is 0 Å². The van der Waals surface area contributed by atoms with Crippen molar-refractivity contribution in [1.29, 1.82) is 0 Å². The van der Waals surface area contributed by atoms with Crippen molar-refractivity contribution in [3.05, 3.63) is 0 Å². The lowest BCUT2D eigenvalue weighted by Gasteiger charge is -2.48. The van der Waals surface area contributed by atoms with E-state index in [-0.39, 0.29) is 0 Å².